The third kappa shape index (κ3) is 3.97. The maximum absolute atomic E-state index is 12.2. The lowest BCUT2D eigenvalue weighted by Gasteiger charge is -2.19. The molecule has 0 aliphatic heterocycles. The van der Waals surface area contributed by atoms with Crippen molar-refractivity contribution in [1.29, 1.82) is 0 Å². The van der Waals surface area contributed by atoms with Crippen LogP contribution in [0.5, 0.6) is 0 Å². The highest BCUT2D eigenvalue weighted by molar-refractivity contribution is 6.30. The largest absolute Gasteiger partial charge is 0.466 e. The van der Waals surface area contributed by atoms with E-state index in [4.69, 9.17) is 16.3 Å². The predicted octanol–water partition coefficient (Wildman–Crippen LogP) is 4.57. The van der Waals surface area contributed by atoms with Gasteiger partial charge in [-0.15, -0.1) is 0 Å². The van der Waals surface area contributed by atoms with Gasteiger partial charge in [0.05, 0.1) is 12.5 Å². The van der Waals surface area contributed by atoms with Gasteiger partial charge in [0.15, 0.2) is 0 Å². The van der Waals surface area contributed by atoms with Crippen LogP contribution < -0.4 is 0 Å². The third-order valence-corrected chi connectivity index (χ3v) is 4.10. The van der Waals surface area contributed by atoms with Crippen LogP contribution in [0.3, 0.4) is 0 Å². The Bertz CT molecular complexity index is 425. The van der Waals surface area contributed by atoms with Crippen LogP contribution in [0.25, 0.3) is 0 Å². The molecule has 1 atom stereocenters. The summed E-state index contributed by atoms with van der Waals surface area (Å²) in [7, 11) is 0. The average Bonchev–Trinajstić information content (AvgIpc) is 2.89. The van der Waals surface area contributed by atoms with Crippen molar-refractivity contribution in [2.24, 2.45) is 5.92 Å². The molecule has 0 amide bonds. The number of ether oxygens (including phenoxy) is 1. The monoisotopic (exact) mass is 280 g/mol. The van der Waals surface area contributed by atoms with Gasteiger partial charge in [-0.25, -0.2) is 0 Å². The minimum Gasteiger partial charge on any atom is -0.466 e. The molecule has 3 heteroatoms. The topological polar surface area (TPSA) is 26.3 Å². The highest BCUT2D eigenvalue weighted by Gasteiger charge is 2.27. The van der Waals surface area contributed by atoms with E-state index in [-0.39, 0.29) is 11.9 Å². The normalized spacial score (nSPS) is 17.4. The summed E-state index contributed by atoms with van der Waals surface area (Å²) in [5.41, 5.74) is 0.984. The molecule has 2 rings (SSSR count). The molecule has 0 N–H and O–H groups in total. The van der Waals surface area contributed by atoms with Crippen molar-refractivity contribution in [3.05, 3.63) is 34.9 Å². The zero-order valence-electron chi connectivity index (χ0n) is 11.4. The lowest BCUT2D eigenvalue weighted by Crippen LogP contribution is -2.18. The summed E-state index contributed by atoms with van der Waals surface area (Å²) in [4.78, 5) is 12.2. The molecule has 104 valence electrons. The number of halogens is 1. The summed E-state index contributed by atoms with van der Waals surface area (Å²) in [6.07, 6.45) is 5.93. The molecule has 0 heterocycles. The van der Waals surface area contributed by atoms with Gasteiger partial charge in [-0.05, 0) is 37.0 Å². The van der Waals surface area contributed by atoms with Crippen molar-refractivity contribution >= 4 is 17.6 Å². The van der Waals surface area contributed by atoms with Crippen LogP contribution in [0.2, 0.25) is 5.02 Å². The van der Waals surface area contributed by atoms with Crippen LogP contribution in [-0.2, 0) is 9.53 Å². The highest BCUT2D eigenvalue weighted by Crippen LogP contribution is 2.35. The van der Waals surface area contributed by atoms with Crippen molar-refractivity contribution in [1.82, 2.24) is 0 Å². The Morgan fingerprint density at radius 2 is 2.16 bits per heavy atom. The van der Waals surface area contributed by atoms with Crippen molar-refractivity contribution in [2.45, 2.75) is 44.9 Å². The van der Waals surface area contributed by atoms with Crippen molar-refractivity contribution < 1.29 is 9.53 Å². The molecule has 1 saturated carbocycles. The minimum atomic E-state index is -0.165. The number of hydrogen-bond acceptors (Lipinski definition) is 2. The van der Waals surface area contributed by atoms with Crippen LogP contribution in [0.1, 0.15) is 50.5 Å². The lowest BCUT2D eigenvalue weighted by molar-refractivity contribution is -0.145. The molecular formula is C16H21ClO2. The maximum Gasteiger partial charge on any atom is 0.313 e. The van der Waals surface area contributed by atoms with E-state index < -0.39 is 0 Å². The predicted molar refractivity (Wildman–Crippen MR) is 77.4 cm³/mol. The molecule has 1 fully saturated rings. The van der Waals surface area contributed by atoms with Crippen molar-refractivity contribution in [3.8, 4) is 0 Å². The zero-order valence-corrected chi connectivity index (χ0v) is 12.2. The first-order valence-corrected chi connectivity index (χ1v) is 7.50. The van der Waals surface area contributed by atoms with Gasteiger partial charge in [0, 0.05) is 5.02 Å². The second-order valence-corrected chi connectivity index (χ2v) is 5.68. The van der Waals surface area contributed by atoms with Gasteiger partial charge in [-0.2, -0.15) is 0 Å². The maximum atomic E-state index is 12.2. The molecule has 1 aliphatic carbocycles. The zero-order chi connectivity index (χ0) is 13.7. The average molecular weight is 281 g/mol. The van der Waals surface area contributed by atoms with Gasteiger partial charge in [-0.3, -0.25) is 4.79 Å². The number of benzene rings is 1. The fourth-order valence-electron chi connectivity index (χ4n) is 2.91. The van der Waals surface area contributed by atoms with Crippen LogP contribution >= 0.6 is 11.6 Å². The smallest absolute Gasteiger partial charge is 0.313 e. The molecule has 2 nitrogen and oxygen atoms in total. The molecule has 0 spiro atoms. The summed E-state index contributed by atoms with van der Waals surface area (Å²) in [5.74, 6) is 0.367. The summed E-state index contributed by atoms with van der Waals surface area (Å²) >= 11 is 6.04. The molecule has 0 aromatic heterocycles. The van der Waals surface area contributed by atoms with E-state index in [1.807, 2.05) is 31.2 Å². The molecule has 1 aromatic carbocycles. The molecule has 0 saturated heterocycles. The van der Waals surface area contributed by atoms with Gasteiger partial charge in [0.2, 0.25) is 0 Å². The number of esters is 1. The molecular weight excluding hydrogens is 260 g/mol. The van der Waals surface area contributed by atoms with Gasteiger partial charge in [0.1, 0.15) is 0 Å². The Morgan fingerprint density at radius 3 is 2.79 bits per heavy atom. The van der Waals surface area contributed by atoms with E-state index in [1.54, 1.807) is 0 Å². The fourth-order valence-corrected chi connectivity index (χ4v) is 3.11. The Hall–Kier alpha value is -1.02. The molecule has 0 radical (unpaired) electrons. The van der Waals surface area contributed by atoms with E-state index >= 15 is 0 Å². The van der Waals surface area contributed by atoms with Crippen molar-refractivity contribution in [2.75, 3.05) is 6.61 Å². The summed E-state index contributed by atoms with van der Waals surface area (Å²) in [6.45, 7) is 2.28. The number of rotatable bonds is 5. The highest BCUT2D eigenvalue weighted by atomic mass is 35.5. The second-order valence-electron chi connectivity index (χ2n) is 5.25. The number of carbonyl (C=O) groups is 1. The molecule has 1 aliphatic rings. The Morgan fingerprint density at radius 1 is 1.42 bits per heavy atom. The lowest BCUT2D eigenvalue weighted by atomic mass is 9.88. The summed E-state index contributed by atoms with van der Waals surface area (Å²) < 4.78 is 5.23. The first-order chi connectivity index (χ1) is 9.20. The van der Waals surface area contributed by atoms with E-state index in [0.29, 0.717) is 17.5 Å². The summed E-state index contributed by atoms with van der Waals surface area (Å²) in [5, 5.41) is 0.679. The standard InChI is InChI=1S/C16H21ClO2/c1-2-19-16(18)15(10-12-6-3-4-7-12)13-8-5-9-14(17)11-13/h5,8-9,11-12,15H,2-4,6-7,10H2,1H3/t15-/m0/s1. The fraction of sp³-hybridized carbons (Fsp3) is 0.562. The van der Waals surface area contributed by atoms with Crippen LogP contribution in [0.4, 0.5) is 0 Å². The van der Waals surface area contributed by atoms with Crippen LogP contribution in [0, 0.1) is 5.92 Å². The van der Waals surface area contributed by atoms with Gasteiger partial charge in [0.25, 0.3) is 0 Å². The molecule has 1 aromatic rings. The molecule has 19 heavy (non-hydrogen) atoms. The Labute approximate surface area is 120 Å². The van der Waals surface area contributed by atoms with E-state index in [1.165, 1.54) is 25.7 Å². The first kappa shape index (κ1) is 14.4. The molecule has 0 unspecified atom stereocenters. The van der Waals surface area contributed by atoms with Gasteiger partial charge in [-0.1, -0.05) is 49.4 Å². The minimum absolute atomic E-state index is 0.114. The SMILES string of the molecule is CCOC(=O)[C@@H](CC1CCCC1)c1cccc(Cl)c1. The van der Waals surface area contributed by atoms with Gasteiger partial charge >= 0.3 is 5.97 Å². The third-order valence-electron chi connectivity index (χ3n) is 3.87. The van der Waals surface area contributed by atoms with E-state index in [9.17, 15) is 4.79 Å². The van der Waals surface area contributed by atoms with E-state index in [2.05, 4.69) is 0 Å². The molecule has 0 bridgehead atoms. The Kier molecular flexibility index (Phi) is 5.26. The van der Waals surface area contributed by atoms with Crippen molar-refractivity contribution in [3.63, 3.8) is 0 Å². The Balaban J connectivity index is 2.15. The van der Waals surface area contributed by atoms with Crippen LogP contribution in [0.15, 0.2) is 24.3 Å². The quantitative estimate of drug-likeness (QED) is 0.739. The van der Waals surface area contributed by atoms with E-state index in [0.717, 1.165) is 12.0 Å². The second kappa shape index (κ2) is 6.95. The van der Waals surface area contributed by atoms with Gasteiger partial charge < -0.3 is 4.74 Å². The number of carbonyl (C=O) groups excluding carboxylic acids is 1. The first-order valence-electron chi connectivity index (χ1n) is 7.12. The number of hydrogen-bond donors (Lipinski definition) is 0. The summed E-state index contributed by atoms with van der Waals surface area (Å²) in [6, 6.07) is 7.60. The van der Waals surface area contributed by atoms with Crippen LogP contribution in [-0.4, -0.2) is 12.6 Å².